The second-order valence-corrected chi connectivity index (χ2v) is 15.1. The molecule has 0 spiro atoms. The highest BCUT2D eigenvalue weighted by molar-refractivity contribution is 7.99. The molecule has 0 aliphatic carbocycles. The third-order valence-corrected chi connectivity index (χ3v) is 11.5. The lowest BCUT2D eigenvalue weighted by molar-refractivity contribution is 0.586. The average Bonchev–Trinajstić information content (AvgIpc) is 3.07. The minimum atomic E-state index is 0.0125. The Hall–Kier alpha value is -2.70. The summed E-state index contributed by atoms with van der Waals surface area (Å²) in [6.45, 7) is 4.52. The summed E-state index contributed by atoms with van der Waals surface area (Å²) in [4.78, 5) is 36.9. The Morgan fingerprint density at radius 1 is 0.478 bits per heavy atom. The Bertz CT molecular complexity index is 1710. The number of benzene rings is 3. The summed E-state index contributed by atoms with van der Waals surface area (Å²) >= 11 is 3.65. The van der Waals surface area contributed by atoms with Gasteiger partial charge < -0.3 is 9.97 Å². The molecule has 0 saturated heterocycles. The minimum absolute atomic E-state index is 0.0125. The van der Waals surface area contributed by atoms with Gasteiger partial charge in [-0.15, -0.1) is 23.5 Å². The van der Waals surface area contributed by atoms with Crippen LogP contribution in [0.2, 0.25) is 0 Å². The van der Waals surface area contributed by atoms with Gasteiger partial charge in [-0.05, 0) is 60.7 Å². The van der Waals surface area contributed by atoms with Gasteiger partial charge in [0.2, 0.25) is 0 Å². The molecule has 6 heteroatoms. The Balaban J connectivity index is 1.32. The van der Waals surface area contributed by atoms with Crippen LogP contribution in [0.3, 0.4) is 0 Å². The molecule has 0 radical (unpaired) electrons. The maximum Gasteiger partial charge on any atom is 0.197 e. The zero-order chi connectivity index (χ0) is 32.1. The Morgan fingerprint density at radius 2 is 0.848 bits per heavy atom. The van der Waals surface area contributed by atoms with Crippen molar-refractivity contribution in [2.45, 2.75) is 126 Å². The van der Waals surface area contributed by atoms with Crippen molar-refractivity contribution in [1.29, 1.82) is 0 Å². The van der Waals surface area contributed by atoms with Crippen LogP contribution in [0, 0.1) is 0 Å². The number of para-hydroxylation sites is 2. The average molecular weight is 657 g/mol. The molecule has 2 N–H and O–H groups in total. The number of rotatable bonds is 20. The number of nitrogens with one attached hydrogen (secondary N) is 2. The first-order chi connectivity index (χ1) is 22.6. The first kappa shape index (κ1) is 34.6. The first-order valence-corrected chi connectivity index (χ1v) is 19.9. The quantitative estimate of drug-likeness (QED) is 0.0497. The molecule has 0 saturated carbocycles. The zero-order valence-corrected chi connectivity index (χ0v) is 29.6. The van der Waals surface area contributed by atoms with Gasteiger partial charge in [-0.3, -0.25) is 9.59 Å². The predicted octanol–water partition coefficient (Wildman–Crippen LogP) is 12.1. The van der Waals surface area contributed by atoms with Crippen molar-refractivity contribution in [3.05, 3.63) is 69.0 Å². The summed E-state index contributed by atoms with van der Waals surface area (Å²) < 4.78 is 0. The van der Waals surface area contributed by atoms with E-state index in [2.05, 4.69) is 35.9 Å². The van der Waals surface area contributed by atoms with Crippen molar-refractivity contribution in [2.75, 3.05) is 11.5 Å². The maximum atomic E-state index is 13.8. The van der Waals surface area contributed by atoms with E-state index in [9.17, 15) is 9.59 Å². The second kappa shape index (κ2) is 18.0. The molecule has 0 unspecified atom stereocenters. The van der Waals surface area contributed by atoms with Gasteiger partial charge in [0.1, 0.15) is 0 Å². The zero-order valence-electron chi connectivity index (χ0n) is 28.0. The largest absolute Gasteiger partial charge is 0.353 e. The van der Waals surface area contributed by atoms with Gasteiger partial charge >= 0.3 is 0 Å². The fraction of sp³-hybridized carbons (Fsp3) is 0.500. The van der Waals surface area contributed by atoms with E-state index in [0.717, 1.165) is 43.4 Å². The third kappa shape index (κ3) is 8.80. The van der Waals surface area contributed by atoms with Crippen LogP contribution in [0.5, 0.6) is 0 Å². The lowest BCUT2D eigenvalue weighted by atomic mass is 10.1. The maximum absolute atomic E-state index is 13.8. The van der Waals surface area contributed by atoms with Gasteiger partial charge in [0.05, 0.1) is 22.1 Å². The van der Waals surface area contributed by atoms with Gasteiger partial charge in [-0.1, -0.05) is 116 Å². The van der Waals surface area contributed by atoms with Crippen LogP contribution < -0.4 is 10.9 Å². The van der Waals surface area contributed by atoms with E-state index in [1.165, 1.54) is 103 Å². The third-order valence-electron chi connectivity index (χ3n) is 9.22. The van der Waals surface area contributed by atoms with E-state index >= 15 is 0 Å². The second-order valence-electron chi connectivity index (χ2n) is 12.9. The van der Waals surface area contributed by atoms with Crippen molar-refractivity contribution < 1.29 is 0 Å². The van der Waals surface area contributed by atoms with Crippen molar-refractivity contribution >= 4 is 67.1 Å². The smallest absolute Gasteiger partial charge is 0.197 e. The molecular weight excluding hydrogens is 605 g/mol. The first-order valence-electron chi connectivity index (χ1n) is 18.0. The van der Waals surface area contributed by atoms with E-state index in [4.69, 9.17) is 0 Å². The standard InChI is InChI=1S/C40H52N2O2S2/c1-3-5-7-9-11-13-15-17-25-45-35-23-19-21-29-37(35)41-33-27-32-34(28-31(33)39(29)43)42-38-30(40(32)44)22-20-24-36(38)46-26-18-16-14-12-10-8-6-4-2/h19-24,27-28H,3-18,25-26H2,1-2H3,(H,41,43)(H,42,44). The number of aromatic amines is 2. The monoisotopic (exact) mass is 656 g/mol. The van der Waals surface area contributed by atoms with Crippen molar-refractivity contribution in [2.24, 2.45) is 0 Å². The summed E-state index contributed by atoms with van der Waals surface area (Å²) in [5.41, 5.74) is 3.21. The molecule has 0 aliphatic heterocycles. The molecule has 246 valence electrons. The molecular formula is C40H52N2O2S2. The van der Waals surface area contributed by atoms with Gasteiger partial charge in [-0.25, -0.2) is 0 Å². The van der Waals surface area contributed by atoms with Gasteiger partial charge in [-0.2, -0.15) is 0 Å². The Morgan fingerprint density at radius 3 is 1.24 bits per heavy atom. The summed E-state index contributed by atoms with van der Waals surface area (Å²) in [6.07, 6.45) is 20.9. The predicted molar refractivity (Wildman–Crippen MR) is 204 cm³/mol. The molecule has 5 rings (SSSR count). The number of hydrogen-bond acceptors (Lipinski definition) is 4. The summed E-state index contributed by atoms with van der Waals surface area (Å²) in [5.74, 6) is 2.08. The number of unbranched alkanes of at least 4 members (excludes halogenated alkanes) is 14. The van der Waals surface area contributed by atoms with E-state index in [-0.39, 0.29) is 10.9 Å². The van der Waals surface area contributed by atoms with Crippen LogP contribution in [0.4, 0.5) is 0 Å². The topological polar surface area (TPSA) is 65.7 Å². The van der Waals surface area contributed by atoms with Crippen LogP contribution in [-0.2, 0) is 0 Å². The number of pyridine rings is 2. The molecule has 46 heavy (non-hydrogen) atoms. The van der Waals surface area contributed by atoms with Gasteiger partial charge in [0, 0.05) is 31.3 Å². The van der Waals surface area contributed by atoms with Gasteiger partial charge in [0.15, 0.2) is 10.9 Å². The highest BCUT2D eigenvalue weighted by Gasteiger charge is 2.14. The summed E-state index contributed by atoms with van der Waals surface area (Å²) in [6, 6.07) is 15.8. The van der Waals surface area contributed by atoms with Gasteiger partial charge in [0.25, 0.3) is 0 Å². The molecule has 0 atom stereocenters. The highest BCUT2D eigenvalue weighted by Crippen LogP contribution is 2.31. The molecule has 4 nitrogen and oxygen atoms in total. The number of hydrogen-bond donors (Lipinski definition) is 2. The minimum Gasteiger partial charge on any atom is -0.353 e. The molecule has 5 aromatic rings. The van der Waals surface area contributed by atoms with E-state index in [1.807, 2.05) is 59.9 Å². The molecule has 3 aromatic carbocycles. The van der Waals surface area contributed by atoms with E-state index in [1.54, 1.807) is 0 Å². The van der Waals surface area contributed by atoms with E-state index < -0.39 is 0 Å². The summed E-state index contributed by atoms with van der Waals surface area (Å²) in [5, 5.41) is 2.64. The van der Waals surface area contributed by atoms with Crippen molar-refractivity contribution in [3.8, 4) is 0 Å². The number of H-pyrrole nitrogens is 2. The molecule has 0 fully saturated rings. The SMILES string of the molecule is CCCCCCCCCCSc1cccc2c(=O)c3cc4[nH]c5c(SCCCCCCCCCC)cccc5c(=O)c4cc3[nH]c12. The van der Waals surface area contributed by atoms with Crippen molar-refractivity contribution in [3.63, 3.8) is 0 Å². The normalized spacial score (nSPS) is 11.9. The summed E-state index contributed by atoms with van der Waals surface area (Å²) in [7, 11) is 0. The molecule has 0 aliphatic rings. The Kier molecular flexibility index (Phi) is 13.6. The lowest BCUT2D eigenvalue weighted by Gasteiger charge is -2.11. The van der Waals surface area contributed by atoms with Crippen molar-refractivity contribution in [1.82, 2.24) is 9.97 Å². The fourth-order valence-corrected chi connectivity index (χ4v) is 8.61. The molecule has 0 amide bonds. The fourth-order valence-electron chi connectivity index (χ4n) is 6.52. The number of aromatic nitrogens is 2. The van der Waals surface area contributed by atoms with Crippen LogP contribution in [-0.4, -0.2) is 21.5 Å². The number of thioether (sulfide) groups is 2. The van der Waals surface area contributed by atoms with Crippen LogP contribution in [0.15, 0.2) is 67.9 Å². The highest BCUT2D eigenvalue weighted by atomic mass is 32.2. The van der Waals surface area contributed by atoms with Crippen LogP contribution >= 0.6 is 23.5 Å². The molecule has 2 aromatic heterocycles. The molecule has 2 heterocycles. The van der Waals surface area contributed by atoms with E-state index in [0.29, 0.717) is 21.5 Å². The molecule has 0 bridgehead atoms. The lowest BCUT2D eigenvalue weighted by Crippen LogP contribution is -2.09. The number of fused-ring (bicyclic) bond motifs is 4. The Labute approximate surface area is 282 Å². The van der Waals surface area contributed by atoms with Crippen LogP contribution in [0.25, 0.3) is 43.6 Å². The van der Waals surface area contributed by atoms with Crippen LogP contribution in [0.1, 0.15) is 117 Å².